The molecule has 1 rings (SSSR count). The van der Waals surface area contributed by atoms with Crippen molar-refractivity contribution in [2.75, 3.05) is 12.0 Å². The fraction of sp³-hybridized carbons (Fsp3) is 0.143. The molecule has 0 saturated carbocycles. The molecule has 0 aliphatic carbocycles. The minimum Gasteiger partial charge on any atom is -0.373 e. The zero-order valence-electron chi connectivity index (χ0n) is 6.77. The molecular formula is C7H10N2O3S. The van der Waals surface area contributed by atoms with Gasteiger partial charge in [-0.15, -0.1) is 0 Å². The molecule has 1 aromatic rings. The van der Waals surface area contributed by atoms with Crippen LogP contribution in [-0.2, 0) is 10.1 Å². The molecule has 0 saturated heterocycles. The summed E-state index contributed by atoms with van der Waals surface area (Å²) in [5, 5.41) is 2.79. The van der Waals surface area contributed by atoms with Gasteiger partial charge in [0.15, 0.2) is 0 Å². The lowest BCUT2D eigenvalue weighted by molar-refractivity contribution is 0.483. The largest absolute Gasteiger partial charge is 0.373 e. The maximum absolute atomic E-state index is 10.6. The van der Waals surface area contributed by atoms with Crippen LogP contribution < -0.4 is 11.1 Å². The van der Waals surface area contributed by atoms with Crippen molar-refractivity contribution in [2.24, 2.45) is 5.73 Å². The predicted molar refractivity (Wildman–Crippen MR) is 48.9 cm³/mol. The van der Waals surface area contributed by atoms with E-state index >= 15 is 0 Å². The number of nitrogens with two attached hydrogens (primary N) is 1. The molecule has 0 aliphatic rings. The Bertz CT molecular complexity index is 371. The third kappa shape index (κ3) is 2.69. The third-order valence-electron chi connectivity index (χ3n) is 1.46. The van der Waals surface area contributed by atoms with E-state index in [1.165, 1.54) is 24.3 Å². The third-order valence-corrected chi connectivity index (χ3v) is 2.33. The van der Waals surface area contributed by atoms with Crippen LogP contribution in [0.2, 0.25) is 0 Å². The Kier molecular flexibility index (Phi) is 2.86. The Hall–Kier alpha value is -1.11. The Balaban J connectivity index is 2.94. The average Bonchev–Trinajstić information content (AvgIpc) is 2.04. The van der Waals surface area contributed by atoms with E-state index in [9.17, 15) is 8.42 Å². The van der Waals surface area contributed by atoms with E-state index in [0.717, 1.165) is 0 Å². The number of nitrogens with one attached hydrogen (secondary N) is 1. The Morgan fingerprint density at radius 2 is 1.85 bits per heavy atom. The summed E-state index contributed by atoms with van der Waals surface area (Å²) < 4.78 is 29.9. The van der Waals surface area contributed by atoms with E-state index in [-0.39, 0.29) is 11.6 Å². The number of benzene rings is 1. The fourth-order valence-electron chi connectivity index (χ4n) is 0.863. The number of hydrogen-bond acceptors (Lipinski definition) is 4. The molecule has 5 nitrogen and oxygen atoms in total. The number of hydrogen-bond donors (Lipinski definition) is 3. The van der Waals surface area contributed by atoms with Gasteiger partial charge in [-0.1, -0.05) is 0 Å². The lowest BCUT2D eigenvalue weighted by Gasteiger charge is -2.02. The van der Waals surface area contributed by atoms with E-state index in [0.29, 0.717) is 5.69 Å². The molecule has 0 spiro atoms. The summed E-state index contributed by atoms with van der Waals surface area (Å²) in [6.07, 6.45) is 0. The van der Waals surface area contributed by atoms with Crippen LogP contribution in [-0.4, -0.2) is 19.6 Å². The fourth-order valence-corrected chi connectivity index (χ4v) is 1.34. The normalized spacial score (nSPS) is 11.2. The van der Waals surface area contributed by atoms with Crippen molar-refractivity contribution in [3.63, 3.8) is 0 Å². The smallest absolute Gasteiger partial charge is 0.294 e. The summed E-state index contributed by atoms with van der Waals surface area (Å²) in [5.41, 5.74) is 5.91. The van der Waals surface area contributed by atoms with Crippen LogP contribution in [0.3, 0.4) is 0 Å². The van der Waals surface area contributed by atoms with E-state index < -0.39 is 10.1 Å². The second-order valence-corrected chi connectivity index (χ2v) is 3.80. The topological polar surface area (TPSA) is 92.4 Å². The van der Waals surface area contributed by atoms with E-state index in [1.54, 1.807) is 0 Å². The first-order chi connectivity index (χ1) is 6.04. The summed E-state index contributed by atoms with van der Waals surface area (Å²) in [6, 6.07) is 5.65. The standard InChI is InChI=1S/C7H10N2O3S/c8-5-9-6-1-3-7(4-2-6)13(10,11)12/h1-4,9H,5,8H2,(H,10,11,12). The van der Waals surface area contributed by atoms with E-state index in [1.807, 2.05) is 0 Å². The van der Waals surface area contributed by atoms with Crippen molar-refractivity contribution >= 4 is 15.8 Å². The average molecular weight is 202 g/mol. The van der Waals surface area contributed by atoms with Crippen molar-refractivity contribution in [1.29, 1.82) is 0 Å². The van der Waals surface area contributed by atoms with Crippen LogP contribution in [0.1, 0.15) is 0 Å². The monoisotopic (exact) mass is 202 g/mol. The summed E-state index contributed by atoms with van der Waals surface area (Å²) >= 11 is 0. The Morgan fingerprint density at radius 1 is 1.31 bits per heavy atom. The van der Waals surface area contributed by atoms with Crippen LogP contribution in [0.4, 0.5) is 5.69 Å². The van der Waals surface area contributed by atoms with Gasteiger partial charge in [0, 0.05) is 5.69 Å². The molecule has 0 unspecified atom stereocenters. The van der Waals surface area contributed by atoms with Gasteiger partial charge in [0.1, 0.15) is 0 Å². The Labute approximate surface area is 76.3 Å². The summed E-state index contributed by atoms with van der Waals surface area (Å²) in [7, 11) is -4.09. The highest BCUT2D eigenvalue weighted by Gasteiger charge is 2.07. The molecular weight excluding hydrogens is 192 g/mol. The predicted octanol–water partition coefficient (Wildman–Crippen LogP) is 0.261. The quantitative estimate of drug-likeness (QED) is 0.483. The first-order valence-corrected chi connectivity index (χ1v) is 4.99. The van der Waals surface area contributed by atoms with Gasteiger partial charge in [0.25, 0.3) is 10.1 Å². The summed E-state index contributed by atoms with van der Waals surface area (Å²) in [6.45, 7) is 0.269. The van der Waals surface area contributed by atoms with Crippen molar-refractivity contribution in [2.45, 2.75) is 4.90 Å². The minimum atomic E-state index is -4.09. The summed E-state index contributed by atoms with van der Waals surface area (Å²) in [4.78, 5) is -0.130. The maximum atomic E-state index is 10.6. The summed E-state index contributed by atoms with van der Waals surface area (Å²) in [5.74, 6) is 0. The molecule has 0 fully saturated rings. The number of rotatable bonds is 3. The van der Waals surface area contributed by atoms with Gasteiger partial charge in [-0.25, -0.2) is 0 Å². The van der Waals surface area contributed by atoms with Crippen molar-refractivity contribution in [3.05, 3.63) is 24.3 Å². The first kappa shape index (κ1) is 9.97. The lowest BCUT2D eigenvalue weighted by Crippen LogP contribution is -2.10. The SMILES string of the molecule is NCNc1ccc(S(=O)(=O)O)cc1. The van der Waals surface area contributed by atoms with Crippen LogP contribution in [0, 0.1) is 0 Å². The van der Waals surface area contributed by atoms with Crippen molar-refractivity contribution < 1.29 is 13.0 Å². The molecule has 4 N–H and O–H groups in total. The van der Waals surface area contributed by atoms with Crippen molar-refractivity contribution in [1.82, 2.24) is 0 Å². The van der Waals surface area contributed by atoms with Crippen LogP contribution in [0.5, 0.6) is 0 Å². The maximum Gasteiger partial charge on any atom is 0.294 e. The zero-order chi connectivity index (χ0) is 9.90. The van der Waals surface area contributed by atoms with Gasteiger partial charge >= 0.3 is 0 Å². The molecule has 0 atom stereocenters. The molecule has 13 heavy (non-hydrogen) atoms. The molecule has 0 bridgehead atoms. The second-order valence-electron chi connectivity index (χ2n) is 2.38. The van der Waals surface area contributed by atoms with Gasteiger partial charge < -0.3 is 11.1 Å². The highest BCUT2D eigenvalue weighted by molar-refractivity contribution is 7.85. The molecule has 72 valence electrons. The van der Waals surface area contributed by atoms with Crippen LogP contribution in [0.15, 0.2) is 29.2 Å². The zero-order valence-corrected chi connectivity index (χ0v) is 7.58. The Morgan fingerprint density at radius 3 is 2.23 bits per heavy atom. The second kappa shape index (κ2) is 3.73. The first-order valence-electron chi connectivity index (χ1n) is 3.55. The van der Waals surface area contributed by atoms with Gasteiger partial charge in [0.2, 0.25) is 0 Å². The van der Waals surface area contributed by atoms with Gasteiger partial charge in [0.05, 0.1) is 11.6 Å². The minimum absolute atomic E-state index is 0.130. The molecule has 0 aromatic heterocycles. The van der Waals surface area contributed by atoms with Gasteiger partial charge in [-0.05, 0) is 24.3 Å². The van der Waals surface area contributed by atoms with Gasteiger partial charge in [-0.3, -0.25) is 4.55 Å². The van der Waals surface area contributed by atoms with Crippen LogP contribution >= 0.6 is 0 Å². The molecule has 6 heteroatoms. The molecule has 1 aromatic carbocycles. The van der Waals surface area contributed by atoms with Gasteiger partial charge in [-0.2, -0.15) is 8.42 Å². The van der Waals surface area contributed by atoms with E-state index in [4.69, 9.17) is 10.3 Å². The molecule has 0 amide bonds. The molecule has 0 radical (unpaired) electrons. The highest BCUT2D eigenvalue weighted by Crippen LogP contribution is 2.12. The van der Waals surface area contributed by atoms with E-state index in [2.05, 4.69) is 5.32 Å². The molecule has 0 heterocycles. The molecule has 0 aliphatic heterocycles. The van der Waals surface area contributed by atoms with Crippen molar-refractivity contribution in [3.8, 4) is 0 Å². The lowest BCUT2D eigenvalue weighted by atomic mass is 10.3. The number of anilines is 1. The van der Waals surface area contributed by atoms with Crippen LogP contribution in [0.25, 0.3) is 0 Å². The highest BCUT2D eigenvalue weighted by atomic mass is 32.2.